The Kier molecular flexibility index (Phi) is 4.74. The van der Waals surface area contributed by atoms with E-state index in [0.29, 0.717) is 11.4 Å². The van der Waals surface area contributed by atoms with Gasteiger partial charge in [-0.05, 0) is 49.2 Å². The molecular weight excluding hydrogens is 320 g/mol. The molecule has 1 amide bonds. The maximum absolute atomic E-state index is 11.8. The van der Waals surface area contributed by atoms with Crippen molar-refractivity contribution in [3.8, 4) is 5.75 Å². The van der Waals surface area contributed by atoms with E-state index in [1.54, 1.807) is 24.5 Å². The van der Waals surface area contributed by atoms with Gasteiger partial charge in [-0.3, -0.25) is 9.78 Å². The van der Waals surface area contributed by atoms with E-state index >= 15 is 0 Å². The summed E-state index contributed by atoms with van der Waals surface area (Å²) in [5.74, 6) is 0.505. The maximum Gasteiger partial charge on any atom is 0.262 e. The summed E-state index contributed by atoms with van der Waals surface area (Å²) < 4.78 is 6.58. The number of pyridine rings is 1. The van der Waals surface area contributed by atoms with E-state index in [0.717, 1.165) is 15.6 Å². The Morgan fingerprint density at radius 1 is 1.35 bits per heavy atom. The summed E-state index contributed by atoms with van der Waals surface area (Å²) >= 11 is 3.46. The summed E-state index contributed by atoms with van der Waals surface area (Å²) in [5, 5.41) is 2.72. The zero-order chi connectivity index (χ0) is 14.5. The van der Waals surface area contributed by atoms with Gasteiger partial charge in [0.05, 0.1) is 11.9 Å². The minimum Gasteiger partial charge on any atom is -0.483 e. The molecule has 0 saturated heterocycles. The second kappa shape index (κ2) is 6.52. The van der Waals surface area contributed by atoms with Crippen molar-refractivity contribution in [2.75, 3.05) is 11.9 Å². The lowest BCUT2D eigenvalue weighted by Crippen LogP contribution is -2.20. The number of amides is 1. The van der Waals surface area contributed by atoms with E-state index in [-0.39, 0.29) is 12.5 Å². The lowest BCUT2D eigenvalue weighted by molar-refractivity contribution is -0.118. The number of anilines is 1. The van der Waals surface area contributed by atoms with Gasteiger partial charge in [-0.2, -0.15) is 0 Å². The Morgan fingerprint density at radius 2 is 2.15 bits per heavy atom. The fourth-order valence-electron chi connectivity index (χ4n) is 1.69. The molecule has 0 aliphatic heterocycles. The SMILES string of the molecule is Cc1cc(OCC(=O)Nc2cccnc2)c(C)cc1Br. The van der Waals surface area contributed by atoms with Crippen molar-refractivity contribution in [1.82, 2.24) is 4.98 Å². The van der Waals surface area contributed by atoms with Crippen molar-refractivity contribution in [2.45, 2.75) is 13.8 Å². The molecule has 0 unspecified atom stereocenters. The highest BCUT2D eigenvalue weighted by atomic mass is 79.9. The monoisotopic (exact) mass is 334 g/mol. The number of carbonyl (C=O) groups excluding carboxylic acids is 1. The first-order valence-corrected chi connectivity index (χ1v) is 6.95. The van der Waals surface area contributed by atoms with Crippen LogP contribution in [-0.4, -0.2) is 17.5 Å². The number of ether oxygens (including phenoxy) is 1. The van der Waals surface area contributed by atoms with Crippen molar-refractivity contribution in [1.29, 1.82) is 0 Å². The number of rotatable bonds is 4. The zero-order valence-electron chi connectivity index (χ0n) is 11.3. The number of aromatic nitrogens is 1. The zero-order valence-corrected chi connectivity index (χ0v) is 12.9. The molecule has 1 aromatic heterocycles. The Balaban J connectivity index is 1.95. The van der Waals surface area contributed by atoms with Crippen LogP contribution >= 0.6 is 15.9 Å². The van der Waals surface area contributed by atoms with Gasteiger partial charge >= 0.3 is 0 Å². The highest BCUT2D eigenvalue weighted by Gasteiger charge is 2.07. The van der Waals surface area contributed by atoms with E-state index in [9.17, 15) is 4.79 Å². The number of nitrogens with zero attached hydrogens (tertiary/aromatic N) is 1. The standard InChI is InChI=1S/C15H15BrN2O2/c1-10-7-14(11(2)6-13(10)16)20-9-15(19)18-12-4-3-5-17-8-12/h3-8H,9H2,1-2H3,(H,18,19). The average Bonchev–Trinajstić information content (AvgIpc) is 2.42. The van der Waals surface area contributed by atoms with E-state index in [2.05, 4.69) is 26.2 Å². The molecule has 5 heteroatoms. The van der Waals surface area contributed by atoms with Crippen LogP contribution < -0.4 is 10.1 Å². The van der Waals surface area contributed by atoms with Crippen LogP contribution in [0.2, 0.25) is 0 Å². The summed E-state index contributed by atoms with van der Waals surface area (Å²) in [7, 11) is 0. The van der Waals surface area contributed by atoms with E-state index < -0.39 is 0 Å². The van der Waals surface area contributed by atoms with Crippen LogP contribution in [0.5, 0.6) is 5.75 Å². The number of aryl methyl sites for hydroxylation is 2. The highest BCUT2D eigenvalue weighted by Crippen LogP contribution is 2.26. The van der Waals surface area contributed by atoms with Gasteiger partial charge in [-0.25, -0.2) is 0 Å². The number of halogens is 1. The van der Waals surface area contributed by atoms with Crippen LogP contribution in [0.3, 0.4) is 0 Å². The molecule has 2 rings (SSSR count). The number of benzene rings is 1. The molecule has 0 saturated carbocycles. The maximum atomic E-state index is 11.8. The number of hydrogen-bond donors (Lipinski definition) is 1. The lowest BCUT2D eigenvalue weighted by Gasteiger charge is -2.11. The summed E-state index contributed by atoms with van der Waals surface area (Å²) in [6, 6.07) is 7.43. The first kappa shape index (κ1) is 14.5. The quantitative estimate of drug-likeness (QED) is 0.931. The Morgan fingerprint density at radius 3 is 2.85 bits per heavy atom. The van der Waals surface area contributed by atoms with E-state index in [1.807, 2.05) is 26.0 Å². The summed E-state index contributed by atoms with van der Waals surface area (Å²) in [5.41, 5.74) is 2.71. The molecule has 0 bridgehead atoms. The van der Waals surface area contributed by atoms with Crippen molar-refractivity contribution in [2.24, 2.45) is 0 Å². The fourth-order valence-corrected chi connectivity index (χ4v) is 2.14. The third-order valence-corrected chi connectivity index (χ3v) is 3.61. The number of hydrogen-bond acceptors (Lipinski definition) is 3. The van der Waals surface area contributed by atoms with Gasteiger partial charge in [-0.15, -0.1) is 0 Å². The largest absolute Gasteiger partial charge is 0.483 e. The summed E-state index contributed by atoms with van der Waals surface area (Å²) in [6.07, 6.45) is 3.24. The molecule has 1 N–H and O–H groups in total. The molecule has 1 aromatic carbocycles. The first-order valence-electron chi connectivity index (χ1n) is 6.15. The number of carbonyl (C=O) groups is 1. The second-order valence-electron chi connectivity index (χ2n) is 4.45. The molecule has 0 aliphatic carbocycles. The average molecular weight is 335 g/mol. The van der Waals surface area contributed by atoms with Gasteiger partial charge in [0, 0.05) is 10.7 Å². The van der Waals surface area contributed by atoms with Gasteiger partial charge in [-0.1, -0.05) is 15.9 Å². The Labute approximate surface area is 126 Å². The third-order valence-electron chi connectivity index (χ3n) is 2.76. The van der Waals surface area contributed by atoms with Crippen molar-refractivity contribution in [3.63, 3.8) is 0 Å². The van der Waals surface area contributed by atoms with Crippen molar-refractivity contribution >= 4 is 27.5 Å². The van der Waals surface area contributed by atoms with Crippen molar-refractivity contribution in [3.05, 3.63) is 52.3 Å². The Hall–Kier alpha value is -1.88. The van der Waals surface area contributed by atoms with Gasteiger partial charge < -0.3 is 10.1 Å². The molecule has 0 aliphatic rings. The summed E-state index contributed by atoms with van der Waals surface area (Å²) in [4.78, 5) is 15.7. The van der Waals surface area contributed by atoms with Crippen LogP contribution in [0.15, 0.2) is 41.1 Å². The molecule has 0 fully saturated rings. The van der Waals surface area contributed by atoms with Crippen molar-refractivity contribution < 1.29 is 9.53 Å². The van der Waals surface area contributed by atoms with Gasteiger partial charge in [0.1, 0.15) is 5.75 Å². The van der Waals surface area contributed by atoms with Crippen LogP contribution in [-0.2, 0) is 4.79 Å². The molecular formula is C15H15BrN2O2. The lowest BCUT2D eigenvalue weighted by atomic mass is 10.1. The molecule has 20 heavy (non-hydrogen) atoms. The number of nitrogens with one attached hydrogen (secondary N) is 1. The highest BCUT2D eigenvalue weighted by molar-refractivity contribution is 9.10. The van der Waals surface area contributed by atoms with Crippen LogP contribution in [0.1, 0.15) is 11.1 Å². The van der Waals surface area contributed by atoms with Crippen LogP contribution in [0.25, 0.3) is 0 Å². The molecule has 0 radical (unpaired) electrons. The van der Waals surface area contributed by atoms with Gasteiger partial charge in [0.25, 0.3) is 5.91 Å². The first-order chi connectivity index (χ1) is 9.56. The second-order valence-corrected chi connectivity index (χ2v) is 5.30. The minimum atomic E-state index is -0.210. The van der Waals surface area contributed by atoms with Gasteiger partial charge in [0.2, 0.25) is 0 Å². The minimum absolute atomic E-state index is 0.0309. The molecule has 1 heterocycles. The van der Waals surface area contributed by atoms with Crippen LogP contribution in [0.4, 0.5) is 5.69 Å². The molecule has 2 aromatic rings. The molecule has 0 atom stereocenters. The fraction of sp³-hybridized carbons (Fsp3) is 0.200. The van der Waals surface area contributed by atoms with Gasteiger partial charge in [0.15, 0.2) is 6.61 Å². The van der Waals surface area contributed by atoms with Crippen LogP contribution in [0, 0.1) is 13.8 Å². The smallest absolute Gasteiger partial charge is 0.262 e. The molecule has 4 nitrogen and oxygen atoms in total. The predicted octanol–water partition coefficient (Wildman–Crippen LogP) is 3.48. The molecule has 104 valence electrons. The molecule has 0 spiro atoms. The topological polar surface area (TPSA) is 51.2 Å². The Bertz CT molecular complexity index is 615. The predicted molar refractivity (Wildman–Crippen MR) is 82.0 cm³/mol. The third kappa shape index (κ3) is 3.81. The summed E-state index contributed by atoms with van der Waals surface area (Å²) in [6.45, 7) is 3.89. The normalized spacial score (nSPS) is 10.2. The van der Waals surface area contributed by atoms with E-state index in [1.165, 1.54) is 0 Å². The van der Waals surface area contributed by atoms with E-state index in [4.69, 9.17) is 4.74 Å².